The molecule has 81 heavy (non-hydrogen) atoms. The molecule has 450 valence electrons. The molecule has 1 aliphatic rings. The van der Waals surface area contributed by atoms with Crippen molar-refractivity contribution in [2.45, 2.75) is 185 Å². The Kier molecular flexibility index (Phi) is 30.5. The van der Waals surface area contributed by atoms with Crippen molar-refractivity contribution in [3.8, 4) is 5.75 Å². The smallest absolute Gasteiger partial charge is 0.329 e. The number of amides is 11. The molecule has 0 aromatic heterocycles. The number of rotatable bonds is 24. The van der Waals surface area contributed by atoms with Crippen LogP contribution in [-0.2, 0) is 78.3 Å². The van der Waals surface area contributed by atoms with Gasteiger partial charge in [0.15, 0.2) is 0 Å². The molecule has 1 saturated heterocycles. The van der Waals surface area contributed by atoms with E-state index in [2.05, 4.69) is 44.1 Å². The van der Waals surface area contributed by atoms with Crippen LogP contribution in [0, 0.1) is 5.92 Å². The van der Waals surface area contributed by atoms with Gasteiger partial charge in [0.05, 0.1) is 32.4 Å². The molecule has 2 rings (SSSR count). The molecule has 1 fully saturated rings. The fourth-order valence-corrected chi connectivity index (χ4v) is 8.18. The third kappa shape index (κ3) is 27.4. The standard InChI is InChI=1S/C52H79N11O18/c1-5-6-7-8-9-10-11-12-13-14-15-39(67)62-45-29(4)81-52(80)44(28(2)3)63-50(78)33(22-30-16-18-31(64)19-17-30)57-40(68)26-55-47(75)36(25-43(72)73)61-49(77)34(23-38(54)66)58-41(69)27-56-46(74)35(24-42(70)71)60-48(76)32(59-51(45)79)20-21-37(53)65/h16-19,28-29,32-36,44-45,64H,5-15,20-27H2,1-4H3,(H2,53,65)(H2,54,66)(H,55,75)(H,56,74)(H,57,68)(H,58,69)(H,59,79)(H,60,76)(H,61,77)(H,62,67)(H,63,78)(H,70,71)(H,72,73). The molecule has 0 spiro atoms. The Morgan fingerprint density at radius 1 is 0.580 bits per heavy atom. The van der Waals surface area contributed by atoms with Gasteiger partial charge < -0.3 is 79.4 Å². The van der Waals surface area contributed by atoms with Gasteiger partial charge in [0, 0.05) is 19.3 Å². The first-order valence-electron chi connectivity index (χ1n) is 26.8. The van der Waals surface area contributed by atoms with Crippen molar-refractivity contribution in [2.75, 3.05) is 13.1 Å². The van der Waals surface area contributed by atoms with Crippen LogP contribution in [0.15, 0.2) is 24.3 Å². The summed E-state index contributed by atoms with van der Waals surface area (Å²) in [5, 5.41) is 49.4. The number of unbranched alkanes of at least 4 members (excludes halogenated alkanes) is 9. The fourth-order valence-electron chi connectivity index (χ4n) is 8.18. The zero-order chi connectivity index (χ0) is 60.8. The lowest BCUT2D eigenvalue weighted by molar-refractivity contribution is -0.157. The van der Waals surface area contributed by atoms with Crippen molar-refractivity contribution < 1.29 is 87.2 Å². The van der Waals surface area contributed by atoms with E-state index in [4.69, 9.17) is 16.2 Å². The zero-order valence-electron chi connectivity index (χ0n) is 46.1. The van der Waals surface area contributed by atoms with Crippen LogP contribution in [0.3, 0.4) is 0 Å². The maximum absolute atomic E-state index is 14.3. The van der Waals surface area contributed by atoms with Crippen LogP contribution < -0.4 is 59.3 Å². The summed E-state index contributed by atoms with van der Waals surface area (Å²) in [6.45, 7) is 4.33. The highest BCUT2D eigenvalue weighted by Gasteiger charge is 2.38. The van der Waals surface area contributed by atoms with Crippen molar-refractivity contribution in [3.63, 3.8) is 0 Å². The summed E-state index contributed by atoms with van der Waals surface area (Å²) in [4.78, 5) is 185. The van der Waals surface area contributed by atoms with Gasteiger partial charge in [-0.15, -0.1) is 0 Å². The third-order valence-electron chi connectivity index (χ3n) is 12.6. The maximum atomic E-state index is 14.3. The van der Waals surface area contributed by atoms with E-state index in [1.165, 1.54) is 51.5 Å². The molecule has 8 unspecified atom stereocenters. The quantitative estimate of drug-likeness (QED) is 0.0378. The van der Waals surface area contributed by atoms with E-state index < -0.39 is 182 Å². The monoisotopic (exact) mass is 1150 g/mol. The van der Waals surface area contributed by atoms with E-state index in [0.29, 0.717) is 18.4 Å². The summed E-state index contributed by atoms with van der Waals surface area (Å²) < 4.78 is 5.74. The van der Waals surface area contributed by atoms with Crippen molar-refractivity contribution in [1.29, 1.82) is 0 Å². The molecular weight excluding hydrogens is 1070 g/mol. The summed E-state index contributed by atoms with van der Waals surface area (Å²) in [6.07, 6.45) is 3.11. The number of carbonyl (C=O) groups excluding carboxylic acids is 12. The Bertz CT molecular complexity index is 2390. The number of hydrogen-bond donors (Lipinski definition) is 14. The van der Waals surface area contributed by atoms with Gasteiger partial charge in [-0.05, 0) is 43.4 Å². The molecular formula is C52H79N11O18. The van der Waals surface area contributed by atoms with Crippen molar-refractivity contribution in [1.82, 2.24) is 47.9 Å². The Morgan fingerprint density at radius 3 is 1.52 bits per heavy atom. The van der Waals surface area contributed by atoms with Crippen LogP contribution in [0.25, 0.3) is 0 Å². The molecule has 0 saturated carbocycles. The first kappa shape index (κ1) is 68.7. The largest absolute Gasteiger partial charge is 0.508 e. The average Bonchev–Trinajstić information content (AvgIpc) is 3.40. The molecule has 8 atom stereocenters. The van der Waals surface area contributed by atoms with Crippen molar-refractivity contribution >= 4 is 82.9 Å². The predicted molar refractivity (Wildman–Crippen MR) is 285 cm³/mol. The van der Waals surface area contributed by atoms with E-state index >= 15 is 0 Å². The molecule has 0 aliphatic carbocycles. The summed E-state index contributed by atoms with van der Waals surface area (Å²) in [7, 11) is 0. The molecule has 29 heteroatoms. The number of carboxylic acids is 2. The summed E-state index contributed by atoms with van der Waals surface area (Å²) in [6, 6.07) is -7.29. The second kappa shape index (κ2) is 36.0. The maximum Gasteiger partial charge on any atom is 0.329 e. The minimum absolute atomic E-state index is 0.0963. The number of nitrogens with one attached hydrogen (secondary N) is 9. The Labute approximate surface area is 468 Å². The summed E-state index contributed by atoms with van der Waals surface area (Å²) in [5.74, 6) is -18.0. The molecule has 1 aromatic carbocycles. The lowest BCUT2D eigenvalue weighted by atomic mass is 10.0. The number of hydrogen-bond acceptors (Lipinski definition) is 16. The van der Waals surface area contributed by atoms with Gasteiger partial charge in [-0.3, -0.25) is 62.3 Å². The molecule has 0 bridgehead atoms. The molecule has 1 heterocycles. The van der Waals surface area contributed by atoms with E-state index in [1.54, 1.807) is 0 Å². The molecule has 1 aliphatic heterocycles. The Hall–Kier alpha value is -8.40. The van der Waals surface area contributed by atoms with Crippen LogP contribution >= 0.6 is 0 Å². The van der Waals surface area contributed by atoms with Gasteiger partial charge in [-0.2, -0.15) is 0 Å². The highest BCUT2D eigenvalue weighted by Crippen LogP contribution is 2.16. The minimum atomic E-state index is -2.02. The third-order valence-corrected chi connectivity index (χ3v) is 12.6. The van der Waals surface area contributed by atoms with Crippen LogP contribution in [0.4, 0.5) is 0 Å². The number of esters is 1. The van der Waals surface area contributed by atoms with Crippen LogP contribution in [-0.4, -0.2) is 160 Å². The van der Waals surface area contributed by atoms with Gasteiger partial charge >= 0.3 is 17.9 Å². The number of nitrogens with two attached hydrogens (primary N) is 2. The highest BCUT2D eigenvalue weighted by molar-refractivity contribution is 6.00. The van der Waals surface area contributed by atoms with E-state index in [1.807, 2.05) is 10.6 Å². The SMILES string of the molecule is CCCCCCCCCCCCC(=O)NC1C(=O)NC(CCC(N)=O)C(=O)NC(CC(=O)O)C(=O)NCC(=O)NC(CC(N)=O)C(=O)NC(CC(=O)O)C(=O)NCC(=O)NC(Cc2ccc(O)cc2)C(=O)NC(C(C)C)C(=O)OC1C. The number of cyclic esters (lactones) is 1. The Morgan fingerprint density at radius 2 is 1.04 bits per heavy atom. The molecule has 16 N–H and O–H groups in total. The van der Waals surface area contributed by atoms with Crippen molar-refractivity contribution in [2.24, 2.45) is 17.4 Å². The molecule has 1 aromatic rings. The fraction of sp³-hybridized carbons (Fsp3) is 0.615. The normalized spacial score (nSPS) is 22.6. The number of ether oxygens (including phenoxy) is 1. The van der Waals surface area contributed by atoms with Gasteiger partial charge in [0.25, 0.3) is 0 Å². The Balaban J connectivity index is 2.70. The second-order valence-corrected chi connectivity index (χ2v) is 20.0. The number of carboxylic acid groups (broad SMARTS) is 2. The van der Waals surface area contributed by atoms with Crippen LogP contribution in [0.2, 0.25) is 0 Å². The first-order valence-corrected chi connectivity index (χ1v) is 26.8. The number of phenols is 1. The predicted octanol–water partition coefficient (Wildman–Crippen LogP) is -2.44. The second-order valence-electron chi connectivity index (χ2n) is 20.0. The topological polar surface area (TPSA) is 469 Å². The van der Waals surface area contributed by atoms with Gasteiger partial charge in [0.1, 0.15) is 54.1 Å². The van der Waals surface area contributed by atoms with E-state index in [9.17, 15) is 82.4 Å². The lowest BCUT2D eigenvalue weighted by Crippen LogP contribution is -2.60. The number of carbonyl (C=O) groups is 14. The minimum Gasteiger partial charge on any atom is -0.508 e. The zero-order valence-corrected chi connectivity index (χ0v) is 46.1. The van der Waals surface area contributed by atoms with Crippen LogP contribution in [0.5, 0.6) is 5.75 Å². The average molecular weight is 1150 g/mol. The first-order chi connectivity index (χ1) is 38.2. The van der Waals surface area contributed by atoms with Gasteiger partial charge in [-0.1, -0.05) is 90.7 Å². The van der Waals surface area contributed by atoms with Gasteiger partial charge in [0.2, 0.25) is 65.0 Å². The van der Waals surface area contributed by atoms with E-state index in [-0.39, 0.29) is 18.6 Å². The highest BCUT2D eigenvalue weighted by atomic mass is 16.5. The number of aliphatic carboxylic acids is 2. The number of benzene rings is 1. The van der Waals surface area contributed by atoms with Crippen LogP contribution in [0.1, 0.15) is 136 Å². The van der Waals surface area contributed by atoms with E-state index in [0.717, 1.165) is 44.9 Å². The number of primary amides is 2. The molecule has 11 amide bonds. The lowest BCUT2D eigenvalue weighted by Gasteiger charge is -2.30. The summed E-state index contributed by atoms with van der Waals surface area (Å²) >= 11 is 0. The number of phenolic OH excluding ortho intramolecular Hbond substituents is 1. The molecule has 0 radical (unpaired) electrons. The van der Waals surface area contributed by atoms with Gasteiger partial charge in [-0.25, -0.2) is 4.79 Å². The molecule has 29 nitrogen and oxygen atoms in total. The number of aromatic hydroxyl groups is 1. The van der Waals surface area contributed by atoms with Crippen molar-refractivity contribution in [3.05, 3.63) is 29.8 Å². The summed E-state index contributed by atoms with van der Waals surface area (Å²) in [5.41, 5.74) is 11.0.